The van der Waals surface area contributed by atoms with Crippen molar-refractivity contribution in [3.63, 3.8) is 0 Å². The van der Waals surface area contributed by atoms with Crippen molar-refractivity contribution in [2.45, 2.75) is 0 Å². The Morgan fingerprint density at radius 3 is 3.23 bits per heavy atom. The Morgan fingerprint density at radius 2 is 2.46 bits per heavy atom. The molecule has 0 saturated heterocycles. The van der Waals surface area contributed by atoms with Crippen molar-refractivity contribution in [2.24, 2.45) is 9.98 Å². The number of nitrogens with zero attached hydrogens (tertiary/aromatic N) is 3. The lowest BCUT2D eigenvalue weighted by atomic mass is 10.2. The molecule has 66 valence electrons. The SMILES string of the molecule is O=C(O)C1=NC=C2C=CN=CN2C1. The predicted molar refractivity (Wildman–Crippen MR) is 47.5 cm³/mol. The normalized spacial score (nSPS) is 19.2. The summed E-state index contributed by atoms with van der Waals surface area (Å²) >= 11 is 0. The third-order valence-electron chi connectivity index (χ3n) is 1.79. The van der Waals surface area contributed by atoms with E-state index >= 15 is 0 Å². The molecule has 5 nitrogen and oxygen atoms in total. The Kier molecular flexibility index (Phi) is 1.70. The fourth-order valence-corrected chi connectivity index (χ4v) is 1.12. The molecule has 0 fully saturated rings. The van der Waals surface area contributed by atoms with Gasteiger partial charge in [-0.3, -0.25) is 0 Å². The van der Waals surface area contributed by atoms with Crippen LogP contribution in [-0.2, 0) is 4.79 Å². The average Bonchev–Trinajstić information content (AvgIpc) is 2.17. The monoisotopic (exact) mass is 177 g/mol. The number of carboxylic acid groups (broad SMARTS) is 1. The van der Waals surface area contributed by atoms with E-state index in [-0.39, 0.29) is 12.3 Å². The molecule has 0 amide bonds. The minimum Gasteiger partial charge on any atom is -0.477 e. The molecule has 0 aromatic carbocycles. The third kappa shape index (κ3) is 1.35. The molecule has 1 N–H and O–H groups in total. The first-order valence-electron chi connectivity index (χ1n) is 3.74. The van der Waals surface area contributed by atoms with E-state index < -0.39 is 5.97 Å². The lowest BCUT2D eigenvalue weighted by Gasteiger charge is -2.24. The zero-order valence-electron chi connectivity index (χ0n) is 6.71. The number of carboxylic acids is 1. The standard InChI is InChI=1S/C8H7N3O2/c12-8(13)7-4-11-5-9-2-1-6(11)3-10-7/h1-3,5H,4H2,(H,12,13). The number of carbonyl (C=O) groups is 1. The number of hydrogen-bond acceptors (Lipinski definition) is 4. The van der Waals surface area contributed by atoms with Gasteiger partial charge in [-0.25, -0.2) is 14.8 Å². The molecule has 13 heavy (non-hydrogen) atoms. The molecule has 0 aromatic heterocycles. The van der Waals surface area contributed by atoms with Gasteiger partial charge in [0.05, 0.1) is 24.8 Å². The highest BCUT2D eigenvalue weighted by Crippen LogP contribution is 2.12. The molecule has 0 atom stereocenters. The van der Waals surface area contributed by atoms with Crippen molar-refractivity contribution in [1.82, 2.24) is 4.90 Å². The molecule has 0 spiro atoms. The van der Waals surface area contributed by atoms with Crippen LogP contribution >= 0.6 is 0 Å². The van der Waals surface area contributed by atoms with Crippen LogP contribution in [0.4, 0.5) is 0 Å². The first-order valence-corrected chi connectivity index (χ1v) is 3.74. The number of aliphatic carboxylic acids is 1. The lowest BCUT2D eigenvalue weighted by molar-refractivity contribution is -0.129. The Hall–Kier alpha value is -1.91. The smallest absolute Gasteiger partial charge is 0.352 e. The number of fused-ring (bicyclic) bond motifs is 1. The Balaban J connectivity index is 2.29. The van der Waals surface area contributed by atoms with Crippen LogP contribution < -0.4 is 0 Å². The van der Waals surface area contributed by atoms with E-state index in [1.807, 2.05) is 0 Å². The Labute approximate surface area is 74.4 Å². The van der Waals surface area contributed by atoms with Crippen LogP contribution in [0.2, 0.25) is 0 Å². The maximum atomic E-state index is 10.6. The maximum absolute atomic E-state index is 10.6. The molecular weight excluding hydrogens is 170 g/mol. The highest BCUT2D eigenvalue weighted by molar-refractivity contribution is 6.37. The summed E-state index contributed by atoms with van der Waals surface area (Å²) in [4.78, 5) is 20.0. The molecule has 0 bridgehead atoms. The van der Waals surface area contributed by atoms with Gasteiger partial charge in [-0.2, -0.15) is 0 Å². The first-order chi connectivity index (χ1) is 6.27. The quantitative estimate of drug-likeness (QED) is 0.623. The van der Waals surface area contributed by atoms with Crippen molar-refractivity contribution in [2.75, 3.05) is 6.54 Å². The molecule has 0 radical (unpaired) electrons. The maximum Gasteiger partial charge on any atom is 0.352 e. The van der Waals surface area contributed by atoms with Crippen LogP contribution in [0, 0.1) is 0 Å². The van der Waals surface area contributed by atoms with Gasteiger partial charge in [0.1, 0.15) is 5.71 Å². The van der Waals surface area contributed by atoms with Crippen LogP contribution in [0.5, 0.6) is 0 Å². The average molecular weight is 177 g/mol. The molecule has 2 rings (SSSR count). The summed E-state index contributed by atoms with van der Waals surface area (Å²) in [5.41, 5.74) is 0.991. The first kappa shape index (κ1) is 7.72. The van der Waals surface area contributed by atoms with Crippen molar-refractivity contribution in [3.05, 3.63) is 24.2 Å². The summed E-state index contributed by atoms with van der Waals surface area (Å²) < 4.78 is 0. The summed E-state index contributed by atoms with van der Waals surface area (Å²) in [6, 6.07) is 0. The lowest BCUT2D eigenvalue weighted by Crippen LogP contribution is -2.34. The zero-order valence-corrected chi connectivity index (χ0v) is 6.71. The minimum absolute atomic E-state index is 0.130. The molecule has 2 aliphatic heterocycles. The molecule has 5 heteroatoms. The molecule has 2 heterocycles. The molecule has 0 aromatic rings. The highest BCUT2D eigenvalue weighted by Gasteiger charge is 2.19. The van der Waals surface area contributed by atoms with Crippen molar-refractivity contribution in [3.8, 4) is 0 Å². The molecule has 0 aliphatic carbocycles. The fraction of sp³-hybridized carbons (Fsp3) is 0.125. The van der Waals surface area contributed by atoms with Gasteiger partial charge in [0, 0.05) is 6.20 Å². The van der Waals surface area contributed by atoms with Gasteiger partial charge in [0.2, 0.25) is 0 Å². The largest absolute Gasteiger partial charge is 0.477 e. The summed E-state index contributed by atoms with van der Waals surface area (Å²) in [7, 11) is 0. The van der Waals surface area contributed by atoms with E-state index in [0.717, 1.165) is 5.70 Å². The number of hydrogen-bond donors (Lipinski definition) is 1. The van der Waals surface area contributed by atoms with E-state index in [1.165, 1.54) is 6.20 Å². The zero-order chi connectivity index (χ0) is 9.26. The van der Waals surface area contributed by atoms with Crippen molar-refractivity contribution >= 4 is 18.0 Å². The second-order valence-corrected chi connectivity index (χ2v) is 2.64. The van der Waals surface area contributed by atoms with Gasteiger partial charge in [0.15, 0.2) is 0 Å². The molecule has 2 aliphatic rings. The second-order valence-electron chi connectivity index (χ2n) is 2.64. The van der Waals surface area contributed by atoms with Crippen LogP contribution in [0.25, 0.3) is 0 Å². The second kappa shape index (κ2) is 2.85. The number of aliphatic imine (C=N–C) groups is 2. The predicted octanol–water partition coefficient (Wildman–Crippen LogP) is 0.225. The van der Waals surface area contributed by atoms with Crippen molar-refractivity contribution < 1.29 is 9.90 Å². The van der Waals surface area contributed by atoms with Crippen molar-refractivity contribution in [1.29, 1.82) is 0 Å². The fourth-order valence-electron chi connectivity index (χ4n) is 1.12. The van der Waals surface area contributed by atoms with Gasteiger partial charge < -0.3 is 10.0 Å². The van der Waals surface area contributed by atoms with E-state index in [0.29, 0.717) is 0 Å². The van der Waals surface area contributed by atoms with Crippen LogP contribution in [-0.4, -0.2) is 34.6 Å². The molecular formula is C8H7N3O2. The molecule has 0 unspecified atom stereocenters. The van der Waals surface area contributed by atoms with E-state index in [9.17, 15) is 4.79 Å². The van der Waals surface area contributed by atoms with E-state index in [4.69, 9.17) is 5.11 Å². The summed E-state index contributed by atoms with van der Waals surface area (Å²) in [5.74, 6) is -0.988. The third-order valence-corrected chi connectivity index (χ3v) is 1.79. The van der Waals surface area contributed by atoms with Crippen LogP contribution in [0.15, 0.2) is 34.2 Å². The number of allylic oxidation sites excluding steroid dienone is 1. The highest BCUT2D eigenvalue weighted by atomic mass is 16.4. The number of rotatable bonds is 1. The van der Waals surface area contributed by atoms with Gasteiger partial charge in [0.25, 0.3) is 0 Å². The van der Waals surface area contributed by atoms with Gasteiger partial charge >= 0.3 is 5.97 Å². The summed E-state index contributed by atoms with van der Waals surface area (Å²) in [6.45, 7) is 0.273. The topological polar surface area (TPSA) is 65.3 Å². The summed E-state index contributed by atoms with van der Waals surface area (Å²) in [6.07, 6.45) is 6.53. The minimum atomic E-state index is -0.988. The van der Waals surface area contributed by atoms with Gasteiger partial charge in [-0.15, -0.1) is 0 Å². The Morgan fingerprint density at radius 1 is 1.62 bits per heavy atom. The van der Waals surface area contributed by atoms with E-state index in [2.05, 4.69) is 9.98 Å². The van der Waals surface area contributed by atoms with Crippen LogP contribution in [0.3, 0.4) is 0 Å². The van der Waals surface area contributed by atoms with Crippen LogP contribution in [0.1, 0.15) is 0 Å². The Bertz CT molecular complexity index is 366. The summed E-state index contributed by atoms with van der Waals surface area (Å²) in [5, 5.41) is 8.68. The molecule has 0 saturated carbocycles. The van der Waals surface area contributed by atoms with Gasteiger partial charge in [-0.05, 0) is 6.08 Å². The van der Waals surface area contributed by atoms with E-state index in [1.54, 1.807) is 23.5 Å². The van der Waals surface area contributed by atoms with Gasteiger partial charge in [-0.1, -0.05) is 0 Å².